The number of carbonyl (C=O) groups is 1. The van der Waals surface area contributed by atoms with E-state index in [1.54, 1.807) is 18.9 Å². The fourth-order valence-corrected chi connectivity index (χ4v) is 3.59. The predicted molar refractivity (Wildman–Crippen MR) is 91.6 cm³/mol. The van der Waals surface area contributed by atoms with Gasteiger partial charge < -0.3 is 15.0 Å². The average Bonchev–Trinajstić information content (AvgIpc) is 2.58. The second kappa shape index (κ2) is 9.06. The number of nitrogens with zero attached hydrogens (tertiary/aromatic N) is 1. The van der Waals surface area contributed by atoms with Crippen LogP contribution in [-0.4, -0.2) is 50.4 Å². The lowest BCUT2D eigenvalue weighted by molar-refractivity contribution is -0.129. The molecule has 122 valence electrons. The van der Waals surface area contributed by atoms with E-state index in [0.29, 0.717) is 5.75 Å². The topological polar surface area (TPSA) is 41.6 Å². The van der Waals surface area contributed by atoms with Crippen LogP contribution in [0.15, 0.2) is 29.2 Å². The maximum Gasteiger partial charge on any atom is 0.232 e. The molecule has 1 fully saturated rings. The summed E-state index contributed by atoms with van der Waals surface area (Å²) in [5, 5.41) is 3.20. The number of piperidine rings is 1. The molecule has 4 nitrogen and oxygen atoms in total. The second-order valence-corrected chi connectivity index (χ2v) is 6.73. The van der Waals surface area contributed by atoms with Gasteiger partial charge in [0.15, 0.2) is 0 Å². The van der Waals surface area contributed by atoms with Gasteiger partial charge in [-0.05, 0) is 57.0 Å². The van der Waals surface area contributed by atoms with Crippen molar-refractivity contribution in [3.8, 4) is 5.75 Å². The lowest BCUT2D eigenvalue weighted by atomic mass is 9.93. The first kappa shape index (κ1) is 17.2. The Hall–Kier alpha value is -1.20. The summed E-state index contributed by atoms with van der Waals surface area (Å²) in [5.41, 5.74) is 0. The van der Waals surface area contributed by atoms with Gasteiger partial charge in [0, 0.05) is 18.0 Å². The minimum atomic E-state index is 0.250. The van der Waals surface area contributed by atoms with Crippen LogP contribution < -0.4 is 10.1 Å². The minimum absolute atomic E-state index is 0.250. The Labute approximate surface area is 137 Å². The van der Waals surface area contributed by atoms with Crippen LogP contribution in [0.4, 0.5) is 0 Å². The van der Waals surface area contributed by atoms with Crippen LogP contribution in [0.3, 0.4) is 0 Å². The summed E-state index contributed by atoms with van der Waals surface area (Å²) in [5.74, 6) is 2.36. The monoisotopic (exact) mass is 322 g/mol. The summed E-state index contributed by atoms with van der Waals surface area (Å²) < 4.78 is 5.21. The Morgan fingerprint density at radius 2 is 2.18 bits per heavy atom. The van der Waals surface area contributed by atoms with Gasteiger partial charge in [-0.3, -0.25) is 4.79 Å². The van der Waals surface area contributed by atoms with Gasteiger partial charge in [0.05, 0.1) is 12.9 Å². The lowest BCUT2D eigenvalue weighted by Crippen LogP contribution is -2.39. The standard InChI is InChI=1S/C17H26N2O2S/c1-18-9-6-14-7-10-19(11-8-14)17(20)13-22-16-5-3-4-15(12-16)21-2/h3-5,12,14,18H,6-11,13H2,1-2H3. The summed E-state index contributed by atoms with van der Waals surface area (Å²) in [4.78, 5) is 15.4. The van der Waals surface area contributed by atoms with Crippen LogP contribution in [0, 0.1) is 5.92 Å². The second-order valence-electron chi connectivity index (χ2n) is 5.68. The number of thioether (sulfide) groups is 1. The molecular formula is C17H26N2O2S. The molecule has 2 rings (SSSR count). The summed E-state index contributed by atoms with van der Waals surface area (Å²) in [7, 11) is 3.65. The van der Waals surface area contributed by atoms with Gasteiger partial charge in [-0.1, -0.05) is 6.07 Å². The zero-order valence-corrected chi connectivity index (χ0v) is 14.3. The third-order valence-electron chi connectivity index (χ3n) is 4.17. The first-order chi connectivity index (χ1) is 10.7. The van der Waals surface area contributed by atoms with E-state index in [1.165, 1.54) is 6.42 Å². The van der Waals surface area contributed by atoms with Crippen LogP contribution in [-0.2, 0) is 4.79 Å². The Morgan fingerprint density at radius 1 is 1.41 bits per heavy atom. The fourth-order valence-electron chi connectivity index (χ4n) is 2.75. The van der Waals surface area contributed by atoms with Gasteiger partial charge in [0.2, 0.25) is 5.91 Å². The van der Waals surface area contributed by atoms with E-state index in [-0.39, 0.29) is 5.91 Å². The molecule has 0 unspecified atom stereocenters. The van der Waals surface area contributed by atoms with Crippen molar-refractivity contribution in [1.82, 2.24) is 10.2 Å². The third kappa shape index (κ3) is 5.21. The highest BCUT2D eigenvalue weighted by Gasteiger charge is 2.22. The number of rotatable bonds is 7. The zero-order valence-electron chi connectivity index (χ0n) is 13.5. The number of hydrogen-bond donors (Lipinski definition) is 1. The molecule has 1 aromatic rings. The van der Waals surface area contributed by atoms with Crippen LogP contribution in [0.1, 0.15) is 19.3 Å². The first-order valence-corrected chi connectivity index (χ1v) is 8.90. The maximum absolute atomic E-state index is 12.3. The summed E-state index contributed by atoms with van der Waals surface area (Å²) >= 11 is 1.59. The molecule has 22 heavy (non-hydrogen) atoms. The molecule has 1 saturated heterocycles. The molecule has 1 aliphatic rings. The number of methoxy groups -OCH3 is 1. The Morgan fingerprint density at radius 3 is 2.86 bits per heavy atom. The average molecular weight is 322 g/mol. The van der Waals surface area contributed by atoms with Crippen LogP contribution in [0.2, 0.25) is 0 Å². The van der Waals surface area contributed by atoms with Gasteiger partial charge in [0.25, 0.3) is 0 Å². The number of hydrogen-bond acceptors (Lipinski definition) is 4. The molecule has 1 aliphatic heterocycles. The molecule has 0 aliphatic carbocycles. The third-order valence-corrected chi connectivity index (χ3v) is 5.15. The Balaban J connectivity index is 1.74. The predicted octanol–water partition coefficient (Wildman–Crippen LogP) is 2.64. The highest BCUT2D eigenvalue weighted by molar-refractivity contribution is 8.00. The van der Waals surface area contributed by atoms with Gasteiger partial charge in [-0.2, -0.15) is 0 Å². The molecular weight excluding hydrogens is 296 g/mol. The molecule has 0 saturated carbocycles. The molecule has 1 aromatic carbocycles. The molecule has 0 bridgehead atoms. The van der Waals surface area contributed by atoms with Crippen LogP contribution in [0.5, 0.6) is 5.75 Å². The number of likely N-dealkylation sites (tertiary alicyclic amines) is 1. The largest absolute Gasteiger partial charge is 0.497 e. The number of benzene rings is 1. The number of nitrogens with one attached hydrogen (secondary N) is 1. The van der Waals surface area contributed by atoms with E-state index in [4.69, 9.17) is 4.74 Å². The minimum Gasteiger partial charge on any atom is -0.497 e. The van der Waals surface area contributed by atoms with Crippen molar-refractivity contribution in [3.05, 3.63) is 24.3 Å². The smallest absolute Gasteiger partial charge is 0.232 e. The van der Waals surface area contributed by atoms with E-state index >= 15 is 0 Å². The van der Waals surface area contributed by atoms with Gasteiger partial charge in [0.1, 0.15) is 5.75 Å². The van der Waals surface area contributed by atoms with Crippen LogP contribution >= 0.6 is 11.8 Å². The molecule has 0 spiro atoms. The summed E-state index contributed by atoms with van der Waals surface area (Å²) in [6, 6.07) is 7.87. The summed E-state index contributed by atoms with van der Waals surface area (Å²) in [6.45, 7) is 2.89. The molecule has 0 aromatic heterocycles. The van der Waals surface area contributed by atoms with E-state index in [2.05, 4.69) is 5.32 Å². The number of amides is 1. The SMILES string of the molecule is CNCCC1CCN(C(=O)CSc2cccc(OC)c2)CC1. The van der Waals surface area contributed by atoms with Gasteiger partial charge in [-0.15, -0.1) is 11.8 Å². The molecule has 1 heterocycles. The van der Waals surface area contributed by atoms with E-state index < -0.39 is 0 Å². The number of ether oxygens (including phenoxy) is 1. The quantitative estimate of drug-likeness (QED) is 0.784. The van der Waals surface area contributed by atoms with Gasteiger partial charge >= 0.3 is 0 Å². The molecule has 0 atom stereocenters. The van der Waals surface area contributed by atoms with E-state index in [0.717, 1.165) is 49.0 Å². The molecule has 5 heteroatoms. The van der Waals surface area contributed by atoms with Gasteiger partial charge in [-0.25, -0.2) is 0 Å². The normalized spacial score (nSPS) is 15.8. The highest BCUT2D eigenvalue weighted by atomic mass is 32.2. The van der Waals surface area contributed by atoms with E-state index in [1.807, 2.05) is 36.2 Å². The molecule has 1 amide bonds. The number of carbonyl (C=O) groups excluding carboxylic acids is 1. The Kier molecular flexibility index (Phi) is 7.06. The molecule has 0 radical (unpaired) electrons. The highest BCUT2D eigenvalue weighted by Crippen LogP contribution is 2.25. The van der Waals surface area contributed by atoms with Crippen LogP contribution in [0.25, 0.3) is 0 Å². The fraction of sp³-hybridized carbons (Fsp3) is 0.588. The van der Waals surface area contributed by atoms with Crippen molar-refractivity contribution in [2.24, 2.45) is 5.92 Å². The first-order valence-electron chi connectivity index (χ1n) is 7.92. The van der Waals surface area contributed by atoms with Crippen molar-refractivity contribution in [2.75, 3.05) is 39.5 Å². The van der Waals surface area contributed by atoms with E-state index in [9.17, 15) is 4.79 Å². The molecule has 1 N–H and O–H groups in total. The van der Waals surface area contributed by atoms with Crippen molar-refractivity contribution >= 4 is 17.7 Å². The van der Waals surface area contributed by atoms with Crippen molar-refractivity contribution in [2.45, 2.75) is 24.2 Å². The summed E-state index contributed by atoms with van der Waals surface area (Å²) in [6.07, 6.45) is 3.49. The maximum atomic E-state index is 12.3. The van der Waals surface area contributed by atoms with Crippen molar-refractivity contribution < 1.29 is 9.53 Å². The van der Waals surface area contributed by atoms with Crippen molar-refractivity contribution in [3.63, 3.8) is 0 Å². The lowest BCUT2D eigenvalue weighted by Gasteiger charge is -2.32. The Bertz CT molecular complexity index is 473. The van der Waals surface area contributed by atoms with Crippen molar-refractivity contribution in [1.29, 1.82) is 0 Å². The zero-order chi connectivity index (χ0) is 15.8.